The predicted molar refractivity (Wildman–Crippen MR) is 138 cm³/mol. The smallest absolute Gasteiger partial charge is 0.338 e. The van der Waals surface area contributed by atoms with Crippen molar-refractivity contribution in [3.05, 3.63) is 63.7 Å². The molecule has 1 aromatic carbocycles. The van der Waals surface area contributed by atoms with Gasteiger partial charge in [-0.3, -0.25) is 4.79 Å². The lowest BCUT2D eigenvalue weighted by Crippen LogP contribution is -2.38. The van der Waals surface area contributed by atoms with Crippen molar-refractivity contribution in [1.82, 2.24) is 5.32 Å². The Kier molecular flexibility index (Phi) is 6.21. The summed E-state index contributed by atoms with van der Waals surface area (Å²) in [4.78, 5) is 26.4. The summed E-state index contributed by atoms with van der Waals surface area (Å²) >= 11 is 1.72. The molecule has 3 aromatic rings. The number of carbonyl (C=O) groups is 2. The first-order chi connectivity index (χ1) is 16.8. The van der Waals surface area contributed by atoms with Gasteiger partial charge in [0, 0.05) is 10.4 Å². The Morgan fingerprint density at radius 2 is 1.91 bits per heavy atom. The molecular weight excluding hydrogens is 460 g/mol. The second kappa shape index (κ2) is 9.19. The van der Waals surface area contributed by atoms with Crippen LogP contribution in [-0.2, 0) is 17.6 Å². The van der Waals surface area contributed by atoms with E-state index in [0.29, 0.717) is 35.0 Å². The molecule has 0 fully saturated rings. The highest BCUT2D eigenvalue weighted by Gasteiger charge is 2.37. The van der Waals surface area contributed by atoms with Crippen LogP contribution < -0.4 is 10.6 Å². The molecule has 2 N–H and O–H groups in total. The van der Waals surface area contributed by atoms with Crippen LogP contribution in [0, 0.1) is 11.3 Å². The highest BCUT2D eigenvalue weighted by atomic mass is 32.1. The molecule has 5 rings (SSSR count). The number of ether oxygens (including phenoxy) is 1. The van der Waals surface area contributed by atoms with E-state index in [1.165, 1.54) is 10.4 Å². The van der Waals surface area contributed by atoms with Crippen molar-refractivity contribution in [3.8, 4) is 11.3 Å². The van der Waals surface area contributed by atoms with Crippen LogP contribution in [0.2, 0.25) is 0 Å². The van der Waals surface area contributed by atoms with Gasteiger partial charge in [0.25, 0.3) is 5.91 Å². The lowest BCUT2D eigenvalue weighted by atomic mass is 9.69. The van der Waals surface area contributed by atoms with Gasteiger partial charge in [-0.1, -0.05) is 39.3 Å². The zero-order chi connectivity index (χ0) is 24.7. The molecular formula is C28H32N2O4S. The maximum atomic E-state index is 13.1. The first-order valence-electron chi connectivity index (χ1n) is 12.4. The minimum absolute atomic E-state index is 0.0359. The van der Waals surface area contributed by atoms with Crippen LogP contribution >= 0.6 is 11.3 Å². The maximum Gasteiger partial charge on any atom is 0.338 e. The fraction of sp³-hybridized carbons (Fsp3) is 0.429. The monoisotopic (exact) mass is 492 g/mol. The molecule has 35 heavy (non-hydrogen) atoms. The van der Waals surface area contributed by atoms with Crippen molar-refractivity contribution in [3.63, 3.8) is 0 Å². The third-order valence-electron chi connectivity index (χ3n) is 7.65. The number of hydrogen-bond donors (Lipinski definition) is 2. The molecule has 2 atom stereocenters. The molecule has 1 amide bonds. The van der Waals surface area contributed by atoms with E-state index in [4.69, 9.17) is 9.15 Å². The Balaban J connectivity index is 1.34. The molecule has 0 radical (unpaired) electrons. The molecule has 6 nitrogen and oxygen atoms in total. The van der Waals surface area contributed by atoms with E-state index in [0.717, 1.165) is 41.8 Å². The number of anilines is 1. The maximum absolute atomic E-state index is 13.1. The molecule has 2 aliphatic rings. The van der Waals surface area contributed by atoms with Gasteiger partial charge < -0.3 is 19.8 Å². The second-order valence-corrected chi connectivity index (χ2v) is 11.1. The van der Waals surface area contributed by atoms with E-state index < -0.39 is 6.17 Å². The molecule has 2 aromatic heterocycles. The first-order valence-corrected chi connectivity index (χ1v) is 13.2. The van der Waals surface area contributed by atoms with Crippen LogP contribution in [0.3, 0.4) is 0 Å². The predicted octanol–water partition coefficient (Wildman–Crippen LogP) is 6.58. The van der Waals surface area contributed by atoms with Crippen molar-refractivity contribution in [1.29, 1.82) is 0 Å². The van der Waals surface area contributed by atoms with Crippen LogP contribution in [0.4, 0.5) is 5.00 Å². The highest BCUT2D eigenvalue weighted by Crippen LogP contribution is 2.47. The summed E-state index contributed by atoms with van der Waals surface area (Å²) in [6.45, 7) is 9.11. The van der Waals surface area contributed by atoms with E-state index >= 15 is 0 Å². The van der Waals surface area contributed by atoms with Gasteiger partial charge in [-0.2, -0.15) is 0 Å². The number of furan rings is 1. The molecule has 1 aliphatic heterocycles. The molecule has 0 saturated carbocycles. The van der Waals surface area contributed by atoms with Gasteiger partial charge in [0.05, 0.1) is 17.7 Å². The number of hydrogen-bond acceptors (Lipinski definition) is 6. The Morgan fingerprint density at radius 3 is 2.63 bits per heavy atom. The quantitative estimate of drug-likeness (QED) is 0.380. The van der Waals surface area contributed by atoms with Crippen LogP contribution in [0.15, 0.2) is 40.8 Å². The summed E-state index contributed by atoms with van der Waals surface area (Å²) in [5.74, 6) is 1.58. The van der Waals surface area contributed by atoms with Gasteiger partial charge >= 0.3 is 5.97 Å². The lowest BCUT2D eigenvalue weighted by Gasteiger charge is -2.36. The number of thiophene rings is 1. The average Bonchev–Trinajstić information content (AvgIpc) is 3.49. The number of amides is 1. The van der Waals surface area contributed by atoms with Crippen LogP contribution in [0.1, 0.15) is 83.6 Å². The topological polar surface area (TPSA) is 80.6 Å². The zero-order valence-corrected chi connectivity index (χ0v) is 21.5. The van der Waals surface area contributed by atoms with E-state index in [1.54, 1.807) is 30.4 Å². The van der Waals surface area contributed by atoms with E-state index in [-0.39, 0.29) is 11.9 Å². The van der Waals surface area contributed by atoms with Crippen LogP contribution in [0.5, 0.6) is 0 Å². The molecule has 0 spiro atoms. The lowest BCUT2D eigenvalue weighted by molar-refractivity contribution is 0.0526. The molecule has 3 heterocycles. The highest BCUT2D eigenvalue weighted by molar-refractivity contribution is 7.16. The summed E-state index contributed by atoms with van der Waals surface area (Å²) in [7, 11) is 0. The minimum Gasteiger partial charge on any atom is -0.462 e. The average molecular weight is 493 g/mol. The van der Waals surface area contributed by atoms with Crippen molar-refractivity contribution < 1.29 is 18.7 Å². The Labute approximate surface area is 210 Å². The third-order valence-corrected chi connectivity index (χ3v) is 8.84. The SMILES string of the molecule is CCOC(=O)c1ccc(-c2ccc([C@@H]3NC(=O)c4c(sc5c4CC[C@@H](C(C)(C)CC)C5)N3)o2)cc1. The van der Waals surface area contributed by atoms with Crippen LogP contribution in [-0.4, -0.2) is 18.5 Å². The summed E-state index contributed by atoms with van der Waals surface area (Å²) in [6, 6.07) is 10.9. The number of rotatable bonds is 6. The number of esters is 1. The first kappa shape index (κ1) is 23.7. The van der Waals surface area contributed by atoms with Gasteiger partial charge in [0.1, 0.15) is 16.5 Å². The molecule has 0 bridgehead atoms. The molecule has 1 aliphatic carbocycles. The third kappa shape index (κ3) is 4.38. The minimum atomic E-state index is -0.425. The number of nitrogens with one attached hydrogen (secondary N) is 2. The van der Waals surface area contributed by atoms with Gasteiger partial charge in [-0.05, 0) is 67.3 Å². The van der Waals surface area contributed by atoms with E-state index in [9.17, 15) is 9.59 Å². The number of fused-ring (bicyclic) bond motifs is 3. The zero-order valence-electron chi connectivity index (χ0n) is 20.7. The molecule has 184 valence electrons. The summed E-state index contributed by atoms with van der Waals surface area (Å²) in [5.41, 5.74) is 3.69. The Morgan fingerprint density at radius 1 is 1.14 bits per heavy atom. The molecule has 0 unspecified atom stereocenters. The summed E-state index contributed by atoms with van der Waals surface area (Å²) in [6.07, 6.45) is 3.86. The standard InChI is InChI=1S/C28H32N2O4S/c1-5-28(3,4)18-11-12-19-22(15-18)35-26-23(19)25(31)29-24(30-26)21-14-13-20(34-21)16-7-9-17(10-8-16)27(32)33-6-2/h7-10,13-14,18,24,30H,5-6,11-12,15H2,1-4H3,(H,29,31)/t18-,24-/m1/s1. The second-order valence-electron chi connectivity index (χ2n) is 10.0. The van der Waals surface area contributed by atoms with Crippen LogP contribution in [0.25, 0.3) is 11.3 Å². The van der Waals surface area contributed by atoms with E-state index in [2.05, 4.69) is 31.4 Å². The van der Waals surface area contributed by atoms with Gasteiger partial charge in [0.2, 0.25) is 0 Å². The van der Waals surface area contributed by atoms with Gasteiger partial charge in [0.15, 0.2) is 6.17 Å². The Hall–Kier alpha value is -3.06. The Bertz CT molecular complexity index is 1250. The fourth-order valence-electron chi connectivity index (χ4n) is 5.04. The van der Waals surface area contributed by atoms with Gasteiger partial charge in [-0.15, -0.1) is 11.3 Å². The number of benzene rings is 1. The summed E-state index contributed by atoms with van der Waals surface area (Å²) in [5, 5.41) is 7.53. The van der Waals surface area contributed by atoms with Crippen molar-refractivity contribution in [2.45, 2.75) is 59.5 Å². The van der Waals surface area contributed by atoms with Gasteiger partial charge in [-0.25, -0.2) is 4.79 Å². The van der Waals surface area contributed by atoms with Crippen molar-refractivity contribution >= 4 is 28.2 Å². The van der Waals surface area contributed by atoms with E-state index in [1.807, 2.05) is 24.3 Å². The normalized spacial score (nSPS) is 19.4. The van der Waals surface area contributed by atoms with Crippen molar-refractivity contribution in [2.24, 2.45) is 11.3 Å². The number of carbonyl (C=O) groups excluding carboxylic acids is 2. The molecule has 7 heteroatoms. The largest absolute Gasteiger partial charge is 0.462 e. The summed E-state index contributed by atoms with van der Waals surface area (Å²) < 4.78 is 11.2. The van der Waals surface area contributed by atoms with Crippen molar-refractivity contribution in [2.75, 3.05) is 11.9 Å². The fourth-order valence-corrected chi connectivity index (χ4v) is 6.40. The molecule has 0 saturated heterocycles.